The first-order valence-electron chi connectivity index (χ1n) is 11.6. The van der Waals surface area contributed by atoms with Crippen molar-refractivity contribution < 1.29 is 15.0 Å². The SMILES string of the molecule is CC(=NNC(=S)N1CCc2cc(C(=O)O)ccc21)c1c(O)n(-c2ccc(C)c(C)c2)c2ccccc12. The highest BCUT2D eigenvalue weighted by Crippen LogP contribution is 2.35. The summed E-state index contributed by atoms with van der Waals surface area (Å²) in [6.45, 7) is 6.58. The van der Waals surface area contributed by atoms with E-state index in [4.69, 9.17) is 12.2 Å². The zero-order chi connectivity index (χ0) is 25.6. The van der Waals surface area contributed by atoms with E-state index in [0.717, 1.165) is 33.4 Å². The number of anilines is 1. The summed E-state index contributed by atoms with van der Waals surface area (Å²) in [5.74, 6) is -0.835. The van der Waals surface area contributed by atoms with Gasteiger partial charge in [-0.2, -0.15) is 5.10 Å². The summed E-state index contributed by atoms with van der Waals surface area (Å²) in [5, 5.41) is 26.4. The predicted molar refractivity (Wildman–Crippen MR) is 147 cm³/mol. The number of aromatic carboxylic acids is 1. The molecule has 0 atom stereocenters. The Labute approximate surface area is 214 Å². The fourth-order valence-electron chi connectivity index (χ4n) is 4.70. The van der Waals surface area contributed by atoms with Gasteiger partial charge in [0.15, 0.2) is 5.11 Å². The minimum atomic E-state index is -0.947. The smallest absolute Gasteiger partial charge is 0.335 e. The normalized spacial score (nSPS) is 13.2. The standard InChI is InChI=1S/C28H26N4O3S/c1-16-8-10-21(14-17(16)2)32-24-7-5-4-6-22(24)25(26(32)33)18(3)29-30-28(36)31-13-12-19-15-20(27(34)35)9-11-23(19)31/h4-11,14-15,33H,12-13H2,1-3H3,(H,30,36)(H,34,35). The minimum absolute atomic E-state index is 0.112. The highest BCUT2D eigenvalue weighted by Gasteiger charge is 2.24. The number of aromatic hydroxyl groups is 1. The monoisotopic (exact) mass is 498 g/mol. The van der Waals surface area contributed by atoms with Crippen LogP contribution in [0.2, 0.25) is 0 Å². The van der Waals surface area contributed by atoms with E-state index in [1.165, 1.54) is 5.56 Å². The molecule has 0 spiro atoms. The third kappa shape index (κ3) is 3.99. The van der Waals surface area contributed by atoms with Gasteiger partial charge in [-0.25, -0.2) is 4.79 Å². The number of carboxylic acids is 1. The molecule has 0 bridgehead atoms. The first-order valence-corrected chi connectivity index (χ1v) is 12.1. The van der Waals surface area contributed by atoms with Crippen molar-refractivity contribution in [3.8, 4) is 11.6 Å². The van der Waals surface area contributed by atoms with E-state index in [0.29, 0.717) is 29.4 Å². The number of aryl methyl sites for hydroxylation is 2. The zero-order valence-electron chi connectivity index (χ0n) is 20.2. The molecule has 0 unspecified atom stereocenters. The molecule has 2 heterocycles. The topological polar surface area (TPSA) is 90.1 Å². The van der Waals surface area contributed by atoms with Crippen molar-refractivity contribution in [1.29, 1.82) is 0 Å². The Bertz CT molecular complexity index is 1570. The average molecular weight is 499 g/mol. The molecule has 36 heavy (non-hydrogen) atoms. The molecule has 0 saturated carbocycles. The van der Waals surface area contributed by atoms with Gasteiger partial charge in [0.1, 0.15) is 0 Å². The van der Waals surface area contributed by atoms with E-state index in [9.17, 15) is 15.0 Å². The maximum Gasteiger partial charge on any atom is 0.335 e. The van der Waals surface area contributed by atoms with Crippen molar-refractivity contribution in [2.45, 2.75) is 27.2 Å². The summed E-state index contributed by atoms with van der Waals surface area (Å²) in [4.78, 5) is 13.2. The van der Waals surface area contributed by atoms with E-state index in [1.807, 2.05) is 52.8 Å². The summed E-state index contributed by atoms with van der Waals surface area (Å²) < 4.78 is 1.84. The van der Waals surface area contributed by atoms with E-state index in [2.05, 4.69) is 30.4 Å². The summed E-state index contributed by atoms with van der Waals surface area (Å²) >= 11 is 5.60. The Morgan fingerprint density at radius 2 is 1.83 bits per heavy atom. The van der Waals surface area contributed by atoms with Crippen LogP contribution in [0.5, 0.6) is 5.88 Å². The number of carboxylic acid groups (broad SMARTS) is 1. The molecule has 0 radical (unpaired) electrons. The number of carbonyl (C=O) groups is 1. The van der Waals surface area contributed by atoms with Gasteiger partial charge in [-0.15, -0.1) is 0 Å². The molecule has 7 nitrogen and oxygen atoms in total. The quantitative estimate of drug-likeness (QED) is 0.201. The Morgan fingerprint density at radius 1 is 1.06 bits per heavy atom. The van der Waals surface area contributed by atoms with Crippen LogP contribution in [0.15, 0.2) is 65.8 Å². The number of fused-ring (bicyclic) bond motifs is 2. The molecule has 3 aromatic carbocycles. The maximum atomic E-state index is 11.3. The molecular weight excluding hydrogens is 472 g/mol. The van der Waals surface area contributed by atoms with Gasteiger partial charge in [0.05, 0.1) is 22.4 Å². The molecule has 8 heteroatoms. The molecule has 1 aliphatic heterocycles. The number of rotatable bonds is 4. The molecular formula is C28H26N4O3S. The molecule has 1 aromatic heterocycles. The number of hydrogen-bond donors (Lipinski definition) is 3. The highest BCUT2D eigenvalue weighted by molar-refractivity contribution is 7.80. The second kappa shape index (κ2) is 9.13. The van der Waals surface area contributed by atoms with Gasteiger partial charge in [0.25, 0.3) is 0 Å². The van der Waals surface area contributed by atoms with Crippen molar-refractivity contribution in [3.05, 3.63) is 88.5 Å². The number of aromatic nitrogens is 1. The Kier molecular flexibility index (Phi) is 5.97. The third-order valence-corrected chi connectivity index (χ3v) is 7.06. The van der Waals surface area contributed by atoms with Crippen LogP contribution in [0.25, 0.3) is 16.6 Å². The lowest BCUT2D eigenvalue weighted by Gasteiger charge is -2.19. The second-order valence-corrected chi connectivity index (χ2v) is 9.37. The summed E-state index contributed by atoms with van der Waals surface area (Å²) in [5.41, 5.74) is 10.4. The molecule has 1 aliphatic rings. The molecule has 182 valence electrons. The summed E-state index contributed by atoms with van der Waals surface area (Å²) in [6, 6.07) is 19.0. The number of hydrazone groups is 1. The van der Waals surface area contributed by atoms with Gasteiger partial charge < -0.3 is 15.1 Å². The number of hydrogen-bond acceptors (Lipinski definition) is 4. The summed E-state index contributed by atoms with van der Waals surface area (Å²) in [6.07, 6.45) is 0.700. The molecule has 5 rings (SSSR count). The second-order valence-electron chi connectivity index (χ2n) is 8.98. The maximum absolute atomic E-state index is 11.3. The van der Waals surface area contributed by atoms with E-state index < -0.39 is 5.97 Å². The van der Waals surface area contributed by atoms with Crippen LogP contribution in [-0.4, -0.2) is 38.1 Å². The van der Waals surface area contributed by atoms with Gasteiger partial charge in [-0.3, -0.25) is 9.99 Å². The van der Waals surface area contributed by atoms with E-state index >= 15 is 0 Å². The molecule has 0 amide bonds. The van der Waals surface area contributed by atoms with Crippen LogP contribution < -0.4 is 10.3 Å². The first-order chi connectivity index (χ1) is 17.3. The van der Waals surface area contributed by atoms with Crippen molar-refractivity contribution in [1.82, 2.24) is 9.99 Å². The van der Waals surface area contributed by atoms with Gasteiger partial charge in [0, 0.05) is 23.3 Å². The highest BCUT2D eigenvalue weighted by atomic mass is 32.1. The Balaban J connectivity index is 1.47. The zero-order valence-corrected chi connectivity index (χ0v) is 21.1. The number of thiocarbonyl (C=S) groups is 1. The van der Waals surface area contributed by atoms with Crippen LogP contribution in [0.1, 0.15) is 39.5 Å². The molecule has 0 aliphatic carbocycles. The van der Waals surface area contributed by atoms with Gasteiger partial charge in [0.2, 0.25) is 5.88 Å². The van der Waals surface area contributed by atoms with Gasteiger partial charge in [-0.05, 0) is 92.5 Å². The lowest BCUT2D eigenvalue weighted by molar-refractivity contribution is 0.0697. The van der Waals surface area contributed by atoms with Crippen molar-refractivity contribution in [2.24, 2.45) is 5.10 Å². The van der Waals surface area contributed by atoms with Crippen LogP contribution in [0.3, 0.4) is 0 Å². The Morgan fingerprint density at radius 3 is 2.58 bits per heavy atom. The molecule has 0 saturated heterocycles. The van der Waals surface area contributed by atoms with Crippen LogP contribution in [-0.2, 0) is 6.42 Å². The summed E-state index contributed by atoms with van der Waals surface area (Å²) in [7, 11) is 0. The molecule has 0 fully saturated rings. The molecule has 4 aromatic rings. The van der Waals surface area contributed by atoms with Crippen LogP contribution in [0, 0.1) is 13.8 Å². The third-order valence-electron chi connectivity index (χ3n) is 6.75. The van der Waals surface area contributed by atoms with Crippen LogP contribution in [0.4, 0.5) is 5.69 Å². The lowest BCUT2D eigenvalue weighted by Crippen LogP contribution is -2.36. The van der Waals surface area contributed by atoms with Crippen molar-refractivity contribution >= 4 is 45.6 Å². The predicted octanol–water partition coefficient (Wildman–Crippen LogP) is 5.31. The number of benzene rings is 3. The number of para-hydroxylation sites is 1. The van der Waals surface area contributed by atoms with Crippen molar-refractivity contribution in [3.63, 3.8) is 0 Å². The fraction of sp³-hybridized carbons (Fsp3) is 0.179. The van der Waals surface area contributed by atoms with Gasteiger partial charge in [-0.1, -0.05) is 24.3 Å². The average Bonchev–Trinajstić information content (AvgIpc) is 3.42. The Hall–Kier alpha value is -4.17. The largest absolute Gasteiger partial charge is 0.494 e. The van der Waals surface area contributed by atoms with E-state index in [-0.39, 0.29) is 11.4 Å². The number of nitrogens with zero attached hydrogens (tertiary/aromatic N) is 3. The molecule has 3 N–H and O–H groups in total. The first kappa shape index (κ1) is 23.6. The van der Waals surface area contributed by atoms with E-state index in [1.54, 1.807) is 18.2 Å². The minimum Gasteiger partial charge on any atom is -0.494 e. The number of nitrogens with one attached hydrogen (secondary N) is 1. The van der Waals surface area contributed by atoms with Crippen molar-refractivity contribution in [2.75, 3.05) is 11.4 Å². The van der Waals surface area contributed by atoms with Crippen LogP contribution >= 0.6 is 12.2 Å². The fourth-order valence-corrected chi connectivity index (χ4v) is 4.94. The lowest BCUT2D eigenvalue weighted by atomic mass is 10.1. The van der Waals surface area contributed by atoms with Gasteiger partial charge >= 0.3 is 5.97 Å².